The number of carbonyl (C=O) groups is 1. The fraction of sp³-hybridized carbons (Fsp3) is 0.444. The predicted molar refractivity (Wildman–Crippen MR) is 91.6 cm³/mol. The van der Waals surface area contributed by atoms with Crippen LogP contribution in [0.4, 0.5) is 0 Å². The Labute approximate surface area is 145 Å². The van der Waals surface area contributed by atoms with Crippen molar-refractivity contribution in [1.82, 2.24) is 24.7 Å². The van der Waals surface area contributed by atoms with Crippen LogP contribution >= 0.6 is 0 Å². The maximum Gasteiger partial charge on any atom is 0.259 e. The van der Waals surface area contributed by atoms with Crippen molar-refractivity contribution in [3.05, 3.63) is 46.7 Å². The van der Waals surface area contributed by atoms with E-state index in [2.05, 4.69) is 15.2 Å². The summed E-state index contributed by atoms with van der Waals surface area (Å²) >= 11 is 0. The van der Waals surface area contributed by atoms with E-state index in [1.54, 1.807) is 6.92 Å². The van der Waals surface area contributed by atoms with Gasteiger partial charge in [-0.15, -0.1) is 0 Å². The molecule has 0 unspecified atom stereocenters. The molecular weight excluding hydrogens is 318 g/mol. The quantitative estimate of drug-likeness (QED) is 0.717. The highest BCUT2D eigenvalue weighted by molar-refractivity contribution is 5.96. The number of hydrogen-bond donors (Lipinski definition) is 0. The van der Waals surface area contributed by atoms with Crippen LogP contribution in [-0.2, 0) is 0 Å². The third-order valence-electron chi connectivity index (χ3n) is 4.96. The monoisotopic (exact) mass is 339 g/mol. The zero-order valence-electron chi connectivity index (χ0n) is 14.7. The number of amides is 1. The Morgan fingerprint density at radius 3 is 2.68 bits per heavy atom. The van der Waals surface area contributed by atoms with Crippen molar-refractivity contribution in [1.29, 1.82) is 0 Å². The molecule has 130 valence electrons. The molecule has 3 aromatic heterocycles. The minimum Gasteiger partial charge on any atom is -0.361 e. The standard InChI is InChI=1S/C18H21N5O2/c1-11-10-16-19-7-4-15(23(16)20-11)14-5-8-22(9-6-14)18(24)17-12(2)21-25-13(17)3/h4,7,10,14H,5-6,8-9H2,1-3H3. The Bertz CT molecular complexity index is 915. The summed E-state index contributed by atoms with van der Waals surface area (Å²) in [6.45, 7) is 7.01. The predicted octanol–water partition coefficient (Wildman–Crippen LogP) is 2.66. The van der Waals surface area contributed by atoms with Gasteiger partial charge in [-0.05, 0) is 39.7 Å². The summed E-state index contributed by atoms with van der Waals surface area (Å²) < 4.78 is 7.07. The third-order valence-corrected chi connectivity index (χ3v) is 4.96. The molecule has 25 heavy (non-hydrogen) atoms. The molecule has 7 nitrogen and oxygen atoms in total. The van der Waals surface area contributed by atoms with Gasteiger partial charge in [0.1, 0.15) is 11.3 Å². The highest BCUT2D eigenvalue weighted by Crippen LogP contribution is 2.29. The first-order chi connectivity index (χ1) is 12.0. The molecule has 0 saturated carbocycles. The summed E-state index contributed by atoms with van der Waals surface area (Å²) in [6.07, 6.45) is 3.66. The second-order valence-corrected chi connectivity index (χ2v) is 6.69. The Balaban J connectivity index is 1.52. The van der Waals surface area contributed by atoms with Crippen molar-refractivity contribution < 1.29 is 9.32 Å². The molecule has 0 bridgehead atoms. The summed E-state index contributed by atoms with van der Waals surface area (Å²) in [5.41, 5.74) is 4.28. The van der Waals surface area contributed by atoms with E-state index >= 15 is 0 Å². The second kappa shape index (κ2) is 5.98. The molecular formula is C18H21N5O2. The van der Waals surface area contributed by atoms with Gasteiger partial charge in [0.25, 0.3) is 5.91 Å². The van der Waals surface area contributed by atoms with E-state index in [9.17, 15) is 4.79 Å². The largest absolute Gasteiger partial charge is 0.361 e. The molecule has 1 aliphatic rings. The lowest BCUT2D eigenvalue weighted by Gasteiger charge is -2.32. The minimum atomic E-state index is 0.0181. The molecule has 1 fully saturated rings. The third kappa shape index (κ3) is 2.69. The minimum absolute atomic E-state index is 0.0181. The number of hydrogen-bond acceptors (Lipinski definition) is 5. The molecule has 1 saturated heterocycles. The molecule has 0 N–H and O–H groups in total. The number of carbonyl (C=O) groups excluding carboxylic acids is 1. The Hall–Kier alpha value is -2.70. The van der Waals surface area contributed by atoms with Crippen LogP contribution < -0.4 is 0 Å². The van der Waals surface area contributed by atoms with Crippen LogP contribution in [0.5, 0.6) is 0 Å². The van der Waals surface area contributed by atoms with Crippen molar-refractivity contribution in [2.24, 2.45) is 0 Å². The molecule has 0 aliphatic carbocycles. The van der Waals surface area contributed by atoms with Gasteiger partial charge in [-0.3, -0.25) is 4.79 Å². The zero-order chi connectivity index (χ0) is 17.6. The SMILES string of the molecule is Cc1cc2nccc(C3CCN(C(=O)c4c(C)noc4C)CC3)n2n1. The Morgan fingerprint density at radius 1 is 1.24 bits per heavy atom. The maximum atomic E-state index is 12.8. The first kappa shape index (κ1) is 15.8. The van der Waals surface area contributed by atoms with E-state index in [-0.39, 0.29) is 5.91 Å². The van der Waals surface area contributed by atoms with Gasteiger partial charge in [-0.1, -0.05) is 5.16 Å². The van der Waals surface area contributed by atoms with E-state index in [0.717, 1.165) is 37.3 Å². The van der Waals surface area contributed by atoms with E-state index < -0.39 is 0 Å². The number of rotatable bonds is 2. The fourth-order valence-electron chi connectivity index (χ4n) is 3.66. The molecule has 4 rings (SSSR count). The lowest BCUT2D eigenvalue weighted by molar-refractivity contribution is 0.0709. The van der Waals surface area contributed by atoms with Gasteiger partial charge in [0.2, 0.25) is 0 Å². The lowest BCUT2D eigenvalue weighted by atomic mass is 9.92. The average Bonchev–Trinajstić information content (AvgIpc) is 3.15. The van der Waals surface area contributed by atoms with Crippen molar-refractivity contribution in [3.8, 4) is 0 Å². The van der Waals surface area contributed by atoms with Gasteiger partial charge in [-0.25, -0.2) is 9.50 Å². The van der Waals surface area contributed by atoms with Gasteiger partial charge < -0.3 is 9.42 Å². The van der Waals surface area contributed by atoms with Crippen LogP contribution in [0.25, 0.3) is 5.65 Å². The number of likely N-dealkylation sites (tertiary alicyclic amines) is 1. The second-order valence-electron chi connectivity index (χ2n) is 6.69. The van der Waals surface area contributed by atoms with Crippen LogP contribution in [0.1, 0.15) is 52.0 Å². The van der Waals surface area contributed by atoms with Crippen molar-refractivity contribution >= 4 is 11.6 Å². The normalized spacial score (nSPS) is 15.9. The first-order valence-corrected chi connectivity index (χ1v) is 8.58. The smallest absolute Gasteiger partial charge is 0.259 e. The van der Waals surface area contributed by atoms with E-state index in [1.165, 1.54) is 5.69 Å². The molecule has 0 aromatic carbocycles. The van der Waals surface area contributed by atoms with Crippen LogP contribution in [0.15, 0.2) is 22.9 Å². The van der Waals surface area contributed by atoms with Crippen molar-refractivity contribution in [2.75, 3.05) is 13.1 Å². The molecule has 7 heteroatoms. The highest BCUT2D eigenvalue weighted by atomic mass is 16.5. The van der Waals surface area contributed by atoms with Gasteiger partial charge >= 0.3 is 0 Å². The number of fused-ring (bicyclic) bond motifs is 1. The summed E-state index contributed by atoms with van der Waals surface area (Å²) in [6, 6.07) is 4.02. The summed E-state index contributed by atoms with van der Waals surface area (Å²) in [7, 11) is 0. The molecule has 0 spiro atoms. The highest BCUT2D eigenvalue weighted by Gasteiger charge is 2.29. The Kier molecular flexibility index (Phi) is 3.78. The molecule has 0 atom stereocenters. The van der Waals surface area contributed by atoms with Gasteiger partial charge in [0.05, 0.1) is 11.4 Å². The number of aryl methyl sites for hydroxylation is 3. The van der Waals surface area contributed by atoms with Crippen LogP contribution in [0, 0.1) is 20.8 Å². The van der Waals surface area contributed by atoms with Crippen LogP contribution in [-0.4, -0.2) is 43.7 Å². The van der Waals surface area contributed by atoms with Crippen molar-refractivity contribution in [3.63, 3.8) is 0 Å². The molecule has 1 amide bonds. The number of aromatic nitrogens is 4. The van der Waals surface area contributed by atoms with Gasteiger partial charge in [0, 0.05) is 37.0 Å². The summed E-state index contributed by atoms with van der Waals surface area (Å²) in [4.78, 5) is 19.0. The molecule has 1 aliphatic heterocycles. The topological polar surface area (TPSA) is 76.5 Å². The molecule has 0 radical (unpaired) electrons. The van der Waals surface area contributed by atoms with E-state index in [0.29, 0.717) is 22.9 Å². The fourth-order valence-corrected chi connectivity index (χ4v) is 3.66. The molecule has 3 aromatic rings. The Morgan fingerprint density at radius 2 is 2.00 bits per heavy atom. The zero-order valence-corrected chi connectivity index (χ0v) is 14.7. The number of nitrogens with zero attached hydrogens (tertiary/aromatic N) is 5. The molecule has 4 heterocycles. The maximum absolute atomic E-state index is 12.8. The van der Waals surface area contributed by atoms with Crippen LogP contribution in [0.3, 0.4) is 0 Å². The van der Waals surface area contributed by atoms with E-state index in [1.807, 2.05) is 41.6 Å². The first-order valence-electron chi connectivity index (χ1n) is 8.58. The lowest BCUT2D eigenvalue weighted by Crippen LogP contribution is -2.38. The van der Waals surface area contributed by atoms with Gasteiger partial charge in [0.15, 0.2) is 5.65 Å². The van der Waals surface area contributed by atoms with Crippen molar-refractivity contribution in [2.45, 2.75) is 39.5 Å². The summed E-state index contributed by atoms with van der Waals surface area (Å²) in [5.74, 6) is 0.982. The van der Waals surface area contributed by atoms with Crippen LogP contribution in [0.2, 0.25) is 0 Å². The van der Waals surface area contributed by atoms with Gasteiger partial charge in [-0.2, -0.15) is 5.10 Å². The summed E-state index contributed by atoms with van der Waals surface area (Å²) in [5, 5.41) is 8.45. The van der Waals surface area contributed by atoms with E-state index in [4.69, 9.17) is 4.52 Å². The average molecular weight is 339 g/mol. The number of piperidine rings is 1.